The Morgan fingerprint density at radius 2 is 1.77 bits per heavy atom. The number of pyridine rings is 1. The van der Waals surface area contributed by atoms with Gasteiger partial charge in [0, 0.05) is 11.1 Å². The van der Waals surface area contributed by atoms with Crippen LogP contribution in [0.5, 0.6) is 0 Å². The zero-order valence-corrected chi connectivity index (χ0v) is 18.9. The van der Waals surface area contributed by atoms with Gasteiger partial charge in [0.1, 0.15) is 6.04 Å². The smallest absolute Gasteiger partial charge is 0.253 e. The molecule has 3 aromatic rings. The Morgan fingerprint density at radius 1 is 1.10 bits per heavy atom. The highest BCUT2D eigenvalue weighted by atomic mass is 16.1. The maximum absolute atomic E-state index is 13.3. The molecule has 4 rings (SSSR count). The van der Waals surface area contributed by atoms with E-state index in [4.69, 9.17) is 0 Å². The number of rotatable bonds is 3. The number of aromatic amines is 1. The van der Waals surface area contributed by atoms with Crippen molar-refractivity contribution in [2.75, 3.05) is 13.1 Å². The lowest BCUT2D eigenvalue weighted by molar-refractivity contribution is 0.144. The number of tetrazole rings is 1. The van der Waals surface area contributed by atoms with Gasteiger partial charge in [0.05, 0.1) is 5.54 Å². The second kappa shape index (κ2) is 7.61. The van der Waals surface area contributed by atoms with E-state index in [1.165, 1.54) is 11.1 Å². The molecule has 1 atom stereocenters. The van der Waals surface area contributed by atoms with E-state index in [-0.39, 0.29) is 17.1 Å². The van der Waals surface area contributed by atoms with Gasteiger partial charge in [-0.1, -0.05) is 6.92 Å². The van der Waals surface area contributed by atoms with Gasteiger partial charge in [-0.3, -0.25) is 9.69 Å². The molecule has 1 aliphatic rings. The Balaban J connectivity index is 1.90. The lowest BCUT2D eigenvalue weighted by atomic mass is 9.94. The molecule has 7 heteroatoms. The summed E-state index contributed by atoms with van der Waals surface area (Å²) < 4.78 is 1.86. The summed E-state index contributed by atoms with van der Waals surface area (Å²) in [6.07, 6.45) is 2.22. The molecule has 0 aliphatic carbocycles. The van der Waals surface area contributed by atoms with Gasteiger partial charge in [-0.15, -0.1) is 5.10 Å². The van der Waals surface area contributed by atoms with Gasteiger partial charge >= 0.3 is 0 Å². The predicted molar refractivity (Wildman–Crippen MR) is 119 cm³/mol. The maximum atomic E-state index is 13.3. The van der Waals surface area contributed by atoms with Crippen LogP contribution in [0.1, 0.15) is 69.1 Å². The predicted octanol–water partition coefficient (Wildman–Crippen LogP) is 3.71. The van der Waals surface area contributed by atoms with Gasteiger partial charge in [0.2, 0.25) is 0 Å². The number of hydrogen-bond acceptors (Lipinski definition) is 5. The molecule has 0 radical (unpaired) electrons. The fourth-order valence-electron chi connectivity index (χ4n) is 4.33. The third kappa shape index (κ3) is 3.78. The Labute approximate surface area is 177 Å². The Bertz CT molecular complexity index is 1110. The van der Waals surface area contributed by atoms with E-state index in [2.05, 4.69) is 73.0 Å². The number of H-pyrrole nitrogens is 1. The average Bonchev–Trinajstić information content (AvgIpc) is 3.15. The summed E-state index contributed by atoms with van der Waals surface area (Å²) >= 11 is 0. The monoisotopic (exact) mass is 408 g/mol. The van der Waals surface area contributed by atoms with Gasteiger partial charge in [-0.2, -0.15) is 0 Å². The van der Waals surface area contributed by atoms with Gasteiger partial charge in [0.15, 0.2) is 5.82 Å². The maximum Gasteiger partial charge on any atom is 0.253 e. The molecule has 0 saturated carbocycles. The van der Waals surface area contributed by atoms with E-state index in [0.29, 0.717) is 11.5 Å². The third-order valence-electron chi connectivity index (χ3n) is 6.34. The van der Waals surface area contributed by atoms with Crippen LogP contribution in [-0.2, 0) is 5.54 Å². The number of benzene rings is 1. The van der Waals surface area contributed by atoms with E-state index in [0.717, 1.165) is 42.7 Å². The molecule has 7 nitrogen and oxygen atoms in total. The van der Waals surface area contributed by atoms with Crippen LogP contribution in [-0.4, -0.2) is 43.2 Å². The number of nitrogens with zero attached hydrogens (tertiary/aromatic N) is 5. The molecular formula is C23H32N6O. The molecule has 1 aromatic carbocycles. The first-order valence-electron chi connectivity index (χ1n) is 10.8. The molecule has 2 aromatic heterocycles. The topological polar surface area (TPSA) is 79.7 Å². The summed E-state index contributed by atoms with van der Waals surface area (Å²) in [5.41, 5.74) is 3.61. The summed E-state index contributed by atoms with van der Waals surface area (Å²) in [4.78, 5) is 18.8. The summed E-state index contributed by atoms with van der Waals surface area (Å²) in [5, 5.41) is 13.7. The molecule has 30 heavy (non-hydrogen) atoms. The first kappa shape index (κ1) is 20.7. The molecule has 1 aliphatic heterocycles. The first-order chi connectivity index (χ1) is 14.1. The summed E-state index contributed by atoms with van der Waals surface area (Å²) in [6.45, 7) is 14.6. The van der Waals surface area contributed by atoms with Gasteiger partial charge in [-0.05, 0) is 112 Å². The molecular weight excluding hydrogens is 376 g/mol. The van der Waals surface area contributed by atoms with E-state index < -0.39 is 0 Å². The van der Waals surface area contributed by atoms with Crippen molar-refractivity contribution in [2.45, 2.75) is 66.0 Å². The summed E-state index contributed by atoms with van der Waals surface area (Å²) in [5.74, 6) is 1.42. The van der Waals surface area contributed by atoms with Gasteiger partial charge < -0.3 is 4.98 Å². The van der Waals surface area contributed by atoms with Crippen molar-refractivity contribution >= 4 is 10.9 Å². The minimum absolute atomic E-state index is 0.0714. The molecule has 1 N–H and O–H groups in total. The SMILES string of the molecule is Cc1cc2cc([C@H](c3nnnn3C(C)(C)C)N3CCC(C)CC3)c(=O)[nH]c2cc1C. The molecule has 1 fully saturated rings. The summed E-state index contributed by atoms with van der Waals surface area (Å²) in [6, 6.07) is 5.95. The van der Waals surface area contributed by atoms with Crippen LogP contribution in [0.25, 0.3) is 10.9 Å². The highest BCUT2D eigenvalue weighted by Gasteiger charge is 2.34. The normalized spacial score (nSPS) is 17.5. The number of aryl methyl sites for hydroxylation is 2. The molecule has 0 bridgehead atoms. The molecule has 0 spiro atoms. The van der Waals surface area contributed by atoms with E-state index in [9.17, 15) is 4.79 Å². The molecule has 0 unspecified atom stereocenters. The highest BCUT2D eigenvalue weighted by Crippen LogP contribution is 2.32. The average molecular weight is 409 g/mol. The van der Waals surface area contributed by atoms with Gasteiger partial charge in [-0.25, -0.2) is 4.68 Å². The highest BCUT2D eigenvalue weighted by molar-refractivity contribution is 5.81. The largest absolute Gasteiger partial charge is 0.322 e. The van der Waals surface area contributed by atoms with Crippen molar-refractivity contribution in [3.8, 4) is 0 Å². The molecule has 160 valence electrons. The number of likely N-dealkylation sites (tertiary alicyclic amines) is 1. The van der Waals surface area contributed by atoms with E-state index in [1.807, 2.05) is 16.8 Å². The minimum Gasteiger partial charge on any atom is -0.322 e. The second-order valence-corrected chi connectivity index (χ2v) is 9.82. The second-order valence-electron chi connectivity index (χ2n) is 9.82. The van der Waals surface area contributed by atoms with Crippen LogP contribution in [0.15, 0.2) is 23.0 Å². The standard InChI is InChI=1S/C23H32N6O/c1-14-7-9-28(10-8-14)20(21-25-26-27-29(21)23(4,5)6)18-13-17-11-15(2)16(3)12-19(17)24-22(18)30/h11-14,20H,7-10H2,1-6H3,(H,24,30)/t20-/m1/s1. The number of nitrogens with one attached hydrogen (secondary N) is 1. The lowest BCUT2D eigenvalue weighted by Crippen LogP contribution is -2.41. The van der Waals surface area contributed by atoms with Crippen LogP contribution in [0.3, 0.4) is 0 Å². The van der Waals surface area contributed by atoms with Crippen molar-refractivity contribution < 1.29 is 0 Å². The van der Waals surface area contributed by atoms with Gasteiger partial charge in [0.25, 0.3) is 5.56 Å². The van der Waals surface area contributed by atoms with Crippen molar-refractivity contribution in [1.82, 2.24) is 30.1 Å². The zero-order chi connectivity index (χ0) is 21.6. The van der Waals surface area contributed by atoms with Crippen molar-refractivity contribution in [3.63, 3.8) is 0 Å². The van der Waals surface area contributed by atoms with Crippen molar-refractivity contribution in [3.05, 3.63) is 51.1 Å². The lowest BCUT2D eigenvalue weighted by Gasteiger charge is -2.36. The Morgan fingerprint density at radius 3 is 2.43 bits per heavy atom. The fraction of sp³-hybridized carbons (Fsp3) is 0.565. The number of aromatic nitrogens is 5. The number of hydrogen-bond donors (Lipinski definition) is 1. The van der Waals surface area contributed by atoms with Crippen LogP contribution in [0.4, 0.5) is 0 Å². The van der Waals surface area contributed by atoms with Crippen LogP contribution in [0.2, 0.25) is 0 Å². The molecule has 1 saturated heterocycles. The zero-order valence-electron chi connectivity index (χ0n) is 18.9. The Hall–Kier alpha value is -2.54. The van der Waals surface area contributed by atoms with Crippen LogP contribution in [0, 0.1) is 19.8 Å². The minimum atomic E-state index is -0.280. The first-order valence-corrected chi connectivity index (χ1v) is 10.8. The van der Waals surface area contributed by atoms with Crippen LogP contribution >= 0.6 is 0 Å². The molecule has 0 amide bonds. The van der Waals surface area contributed by atoms with Crippen LogP contribution < -0.4 is 5.56 Å². The fourth-order valence-corrected chi connectivity index (χ4v) is 4.33. The quantitative estimate of drug-likeness (QED) is 0.715. The third-order valence-corrected chi connectivity index (χ3v) is 6.34. The Kier molecular flexibility index (Phi) is 5.26. The van der Waals surface area contributed by atoms with E-state index >= 15 is 0 Å². The molecule has 3 heterocycles. The number of piperidine rings is 1. The summed E-state index contributed by atoms with van der Waals surface area (Å²) in [7, 11) is 0. The number of fused-ring (bicyclic) bond motifs is 1. The van der Waals surface area contributed by atoms with Crippen molar-refractivity contribution in [1.29, 1.82) is 0 Å². The van der Waals surface area contributed by atoms with Crippen molar-refractivity contribution in [2.24, 2.45) is 5.92 Å². The van der Waals surface area contributed by atoms with E-state index in [1.54, 1.807) is 0 Å².